The van der Waals surface area contributed by atoms with Crippen molar-refractivity contribution >= 4 is 40.7 Å². The van der Waals surface area contributed by atoms with Crippen LogP contribution in [-0.2, 0) is 20.9 Å². The minimum absolute atomic E-state index is 0.0465. The van der Waals surface area contributed by atoms with Gasteiger partial charge in [0.25, 0.3) is 17.7 Å². The Hall–Kier alpha value is -3.45. The zero-order valence-corrected chi connectivity index (χ0v) is 14.7. The second kappa shape index (κ2) is 6.37. The molecule has 0 fully saturated rings. The number of carbonyl (C=O) groups excluding carboxylic acids is 3. The molecule has 0 atom stereocenters. The molecular weight excluding hydrogens is 368 g/mol. The third kappa shape index (κ3) is 2.98. The molecule has 2 aliphatic heterocycles. The number of fused-ring (bicyclic) bond motifs is 1. The van der Waals surface area contributed by atoms with E-state index in [2.05, 4.69) is 10.6 Å². The highest BCUT2D eigenvalue weighted by Crippen LogP contribution is 2.37. The highest BCUT2D eigenvalue weighted by atomic mass is 35.5. The third-order valence-corrected chi connectivity index (χ3v) is 4.58. The standard InChI is InChI=1S/C19H13ClN4O3/c20-12-3-1-10(2-4-12)16-14-15(19(27)22-16)17(23-18(14)26)11-5-7-24(8-6-11)9-13(21)25/h1-8H,9H2,(H3,21,23,25,26)/p+1. The maximum Gasteiger partial charge on any atom is 0.283 e. The van der Waals surface area contributed by atoms with E-state index < -0.39 is 5.91 Å². The third-order valence-electron chi connectivity index (χ3n) is 4.33. The SMILES string of the molecule is NC(=O)C[n+]1ccc(C2=C3C(=O)NC(c4ccc(Cl)cc4)=C3C(=O)N2)cc1. The zero-order chi connectivity index (χ0) is 19.1. The van der Waals surface area contributed by atoms with Crippen LogP contribution in [0.4, 0.5) is 0 Å². The Morgan fingerprint density at radius 1 is 0.889 bits per heavy atom. The Bertz CT molecular complexity index is 1050. The van der Waals surface area contributed by atoms with E-state index in [9.17, 15) is 14.4 Å². The minimum Gasteiger partial charge on any atom is -0.364 e. The molecule has 134 valence electrons. The number of rotatable bonds is 4. The largest absolute Gasteiger partial charge is 0.364 e. The van der Waals surface area contributed by atoms with Crippen molar-refractivity contribution < 1.29 is 19.0 Å². The van der Waals surface area contributed by atoms with Gasteiger partial charge in [-0.25, -0.2) is 0 Å². The quantitative estimate of drug-likeness (QED) is 0.671. The van der Waals surface area contributed by atoms with Gasteiger partial charge < -0.3 is 16.4 Å². The first-order chi connectivity index (χ1) is 12.9. The molecule has 0 unspecified atom stereocenters. The summed E-state index contributed by atoms with van der Waals surface area (Å²) < 4.78 is 1.61. The predicted octanol–water partition coefficient (Wildman–Crippen LogP) is 0.495. The second-order valence-corrected chi connectivity index (χ2v) is 6.58. The van der Waals surface area contributed by atoms with Crippen LogP contribution in [0.5, 0.6) is 0 Å². The lowest BCUT2D eigenvalue weighted by molar-refractivity contribution is -0.684. The summed E-state index contributed by atoms with van der Waals surface area (Å²) in [7, 11) is 0. The van der Waals surface area contributed by atoms with E-state index in [0.29, 0.717) is 38.7 Å². The molecule has 7 nitrogen and oxygen atoms in total. The molecule has 0 aliphatic carbocycles. The van der Waals surface area contributed by atoms with Crippen LogP contribution in [0.15, 0.2) is 59.9 Å². The first kappa shape index (κ1) is 17.0. The number of amides is 3. The van der Waals surface area contributed by atoms with Crippen molar-refractivity contribution in [3.63, 3.8) is 0 Å². The van der Waals surface area contributed by atoms with Crippen LogP contribution < -0.4 is 20.9 Å². The fourth-order valence-electron chi connectivity index (χ4n) is 3.14. The van der Waals surface area contributed by atoms with Gasteiger partial charge in [-0.2, -0.15) is 4.57 Å². The van der Waals surface area contributed by atoms with Crippen molar-refractivity contribution in [2.24, 2.45) is 5.73 Å². The van der Waals surface area contributed by atoms with E-state index in [1.807, 2.05) is 0 Å². The van der Waals surface area contributed by atoms with Crippen molar-refractivity contribution in [3.05, 3.63) is 76.1 Å². The summed E-state index contributed by atoms with van der Waals surface area (Å²) >= 11 is 5.91. The molecule has 3 heterocycles. The molecule has 2 aliphatic rings. The maximum absolute atomic E-state index is 12.6. The van der Waals surface area contributed by atoms with Crippen molar-refractivity contribution in [2.45, 2.75) is 6.54 Å². The Morgan fingerprint density at radius 3 is 1.85 bits per heavy atom. The average Bonchev–Trinajstić information content (AvgIpc) is 3.15. The molecule has 0 spiro atoms. The van der Waals surface area contributed by atoms with Crippen LogP contribution in [0.3, 0.4) is 0 Å². The Morgan fingerprint density at radius 2 is 1.37 bits per heavy atom. The molecule has 0 bridgehead atoms. The van der Waals surface area contributed by atoms with Crippen LogP contribution in [0.1, 0.15) is 11.1 Å². The topological polar surface area (TPSA) is 105 Å². The zero-order valence-electron chi connectivity index (χ0n) is 14.0. The van der Waals surface area contributed by atoms with Gasteiger partial charge in [0.05, 0.1) is 22.5 Å². The van der Waals surface area contributed by atoms with Gasteiger partial charge in [-0.1, -0.05) is 23.7 Å². The van der Waals surface area contributed by atoms with Crippen LogP contribution in [0, 0.1) is 0 Å². The summed E-state index contributed by atoms with van der Waals surface area (Å²) in [5, 5.41) is 6.11. The van der Waals surface area contributed by atoms with E-state index in [1.54, 1.807) is 53.4 Å². The van der Waals surface area contributed by atoms with Crippen LogP contribution in [-0.4, -0.2) is 17.7 Å². The number of pyridine rings is 1. The number of carbonyl (C=O) groups is 3. The molecule has 27 heavy (non-hydrogen) atoms. The molecule has 2 aromatic rings. The van der Waals surface area contributed by atoms with Crippen LogP contribution >= 0.6 is 11.6 Å². The van der Waals surface area contributed by atoms with E-state index in [-0.39, 0.29) is 18.4 Å². The molecular formula is C19H14ClN4O3+. The number of nitrogens with zero attached hydrogens (tertiary/aromatic N) is 1. The summed E-state index contributed by atoms with van der Waals surface area (Å²) in [5.41, 5.74) is 8.03. The summed E-state index contributed by atoms with van der Waals surface area (Å²) in [6.45, 7) is 0.0465. The van der Waals surface area contributed by atoms with Crippen molar-refractivity contribution in [3.8, 4) is 0 Å². The first-order valence-corrected chi connectivity index (χ1v) is 8.47. The van der Waals surface area contributed by atoms with Crippen molar-refractivity contribution in [2.75, 3.05) is 0 Å². The molecule has 0 saturated carbocycles. The summed E-state index contributed by atoms with van der Waals surface area (Å²) in [4.78, 5) is 36.1. The van der Waals surface area contributed by atoms with Crippen LogP contribution in [0.2, 0.25) is 5.02 Å². The lowest BCUT2D eigenvalue weighted by Crippen LogP contribution is -2.40. The van der Waals surface area contributed by atoms with Crippen molar-refractivity contribution in [1.82, 2.24) is 10.6 Å². The molecule has 0 saturated heterocycles. The predicted molar refractivity (Wildman–Crippen MR) is 97.4 cm³/mol. The van der Waals surface area contributed by atoms with E-state index in [1.165, 1.54) is 0 Å². The van der Waals surface area contributed by atoms with Gasteiger partial charge in [-0.3, -0.25) is 14.4 Å². The fraction of sp³-hybridized carbons (Fsp3) is 0.0526. The van der Waals surface area contributed by atoms with E-state index in [0.717, 1.165) is 0 Å². The van der Waals surface area contributed by atoms with Gasteiger partial charge in [-0.15, -0.1) is 0 Å². The van der Waals surface area contributed by atoms with Gasteiger partial charge in [0.2, 0.25) is 6.54 Å². The van der Waals surface area contributed by atoms with Gasteiger partial charge in [0.15, 0.2) is 12.4 Å². The molecule has 4 N–H and O–H groups in total. The normalized spacial score (nSPS) is 15.7. The number of hydrogen-bond acceptors (Lipinski definition) is 3. The molecule has 0 radical (unpaired) electrons. The lowest BCUT2D eigenvalue weighted by Gasteiger charge is -2.07. The highest BCUT2D eigenvalue weighted by molar-refractivity contribution is 6.31. The Kier molecular flexibility index (Phi) is 4.01. The number of nitrogens with two attached hydrogens (primary N) is 1. The number of benzene rings is 1. The van der Waals surface area contributed by atoms with Crippen LogP contribution in [0.25, 0.3) is 11.4 Å². The Balaban J connectivity index is 1.78. The van der Waals surface area contributed by atoms with E-state index in [4.69, 9.17) is 17.3 Å². The minimum atomic E-state index is -0.461. The summed E-state index contributed by atoms with van der Waals surface area (Å²) in [5.74, 6) is -1.16. The lowest BCUT2D eigenvalue weighted by atomic mass is 10.0. The second-order valence-electron chi connectivity index (χ2n) is 6.14. The highest BCUT2D eigenvalue weighted by Gasteiger charge is 2.40. The van der Waals surface area contributed by atoms with Gasteiger partial charge >= 0.3 is 0 Å². The van der Waals surface area contributed by atoms with Crippen molar-refractivity contribution in [1.29, 1.82) is 0 Å². The molecule has 1 aromatic heterocycles. The van der Waals surface area contributed by atoms with E-state index >= 15 is 0 Å². The number of hydrogen-bond donors (Lipinski definition) is 3. The summed E-state index contributed by atoms with van der Waals surface area (Å²) in [6, 6.07) is 10.3. The summed E-state index contributed by atoms with van der Waals surface area (Å²) in [6.07, 6.45) is 3.32. The monoisotopic (exact) mass is 381 g/mol. The maximum atomic E-state index is 12.6. The Labute approximate surface area is 159 Å². The first-order valence-electron chi connectivity index (χ1n) is 8.09. The average molecular weight is 382 g/mol. The van der Waals surface area contributed by atoms with Gasteiger partial charge in [-0.05, 0) is 17.7 Å². The fourth-order valence-corrected chi connectivity index (χ4v) is 3.27. The number of halogens is 1. The molecule has 1 aromatic carbocycles. The molecule has 8 heteroatoms. The molecule has 4 rings (SSSR count). The number of aromatic nitrogens is 1. The number of primary amides is 1. The number of nitrogens with one attached hydrogen (secondary N) is 2. The van der Waals surface area contributed by atoms with Gasteiger partial charge in [0, 0.05) is 22.7 Å². The van der Waals surface area contributed by atoms with Gasteiger partial charge in [0.1, 0.15) is 0 Å². The molecule has 3 amide bonds. The smallest absolute Gasteiger partial charge is 0.283 e.